The van der Waals surface area contributed by atoms with Crippen molar-refractivity contribution in [3.63, 3.8) is 0 Å². The smallest absolute Gasteiger partial charge is 0.268 e. The van der Waals surface area contributed by atoms with Gasteiger partial charge in [-0.3, -0.25) is 4.79 Å². The fraction of sp³-hybridized carbons (Fsp3) is 0.250. The van der Waals surface area contributed by atoms with Crippen LogP contribution in [0.2, 0.25) is 0 Å². The molecule has 1 aromatic carbocycles. The van der Waals surface area contributed by atoms with Crippen molar-refractivity contribution in [2.24, 2.45) is 0 Å². The summed E-state index contributed by atoms with van der Waals surface area (Å²) in [5.41, 5.74) is -0.441. The molecular weight excluding hydrogens is 293 g/mol. The van der Waals surface area contributed by atoms with Crippen LogP contribution in [0.25, 0.3) is 0 Å². The molecule has 0 radical (unpaired) electrons. The fourth-order valence-electron chi connectivity index (χ4n) is 1.77. The van der Waals surface area contributed by atoms with Crippen molar-refractivity contribution in [2.45, 2.75) is 26.1 Å². The topological polar surface area (TPSA) is 34.9 Å². The second-order valence-corrected chi connectivity index (χ2v) is 4.92. The Kier molecular flexibility index (Phi) is 4.36. The lowest BCUT2D eigenvalue weighted by Crippen LogP contribution is -2.24. The predicted molar refractivity (Wildman–Crippen MR) is 76.3 cm³/mol. The van der Waals surface area contributed by atoms with E-state index in [4.69, 9.17) is 0 Å². The van der Waals surface area contributed by atoms with Gasteiger partial charge in [-0.05, 0) is 44.0 Å². The van der Waals surface area contributed by atoms with E-state index in [2.05, 4.69) is 16.9 Å². The van der Waals surface area contributed by atoms with E-state index in [1.807, 2.05) is 0 Å². The molecule has 22 heavy (non-hydrogen) atoms. The van der Waals surface area contributed by atoms with Crippen molar-refractivity contribution in [2.75, 3.05) is 0 Å². The van der Waals surface area contributed by atoms with Crippen molar-refractivity contribution in [3.8, 4) is 11.8 Å². The lowest BCUT2D eigenvalue weighted by atomic mass is 10.1. The summed E-state index contributed by atoms with van der Waals surface area (Å²) in [7, 11) is 0. The Hall–Kier alpha value is -2.55. The molecule has 114 valence electrons. The number of hydrogen-bond acceptors (Lipinski definition) is 2. The molecule has 0 unspecified atom stereocenters. The number of benzene rings is 1. The highest BCUT2D eigenvalue weighted by atomic mass is 19.4. The van der Waals surface area contributed by atoms with Crippen LogP contribution < -0.4 is 5.56 Å². The van der Waals surface area contributed by atoms with E-state index in [1.165, 1.54) is 28.9 Å². The van der Waals surface area contributed by atoms with Crippen molar-refractivity contribution < 1.29 is 13.2 Å². The second-order valence-electron chi connectivity index (χ2n) is 4.92. The highest BCUT2D eigenvalue weighted by molar-refractivity contribution is 5.41. The molecule has 0 saturated heterocycles. The van der Waals surface area contributed by atoms with Gasteiger partial charge in [0.2, 0.25) is 0 Å². The molecular formula is C16H13F3N2O. The van der Waals surface area contributed by atoms with Crippen LogP contribution in [0, 0.1) is 11.8 Å². The van der Waals surface area contributed by atoms with Gasteiger partial charge in [0.15, 0.2) is 0 Å². The van der Waals surface area contributed by atoms with E-state index in [-0.39, 0.29) is 17.2 Å². The van der Waals surface area contributed by atoms with Crippen LogP contribution >= 0.6 is 0 Å². The highest BCUT2D eigenvalue weighted by Gasteiger charge is 2.30. The first-order valence-electron chi connectivity index (χ1n) is 6.56. The molecule has 0 spiro atoms. The Labute approximate surface area is 125 Å². The van der Waals surface area contributed by atoms with Crippen molar-refractivity contribution in [3.05, 3.63) is 63.6 Å². The quantitative estimate of drug-likeness (QED) is 0.758. The summed E-state index contributed by atoms with van der Waals surface area (Å²) in [5, 5.41) is 4.07. The maximum absolute atomic E-state index is 12.6. The summed E-state index contributed by atoms with van der Waals surface area (Å²) in [6.07, 6.45) is -4.40. The Morgan fingerprint density at radius 2 is 1.86 bits per heavy atom. The monoisotopic (exact) mass is 306 g/mol. The highest BCUT2D eigenvalue weighted by Crippen LogP contribution is 2.29. The Bertz CT molecular complexity index is 795. The van der Waals surface area contributed by atoms with Gasteiger partial charge in [-0.15, -0.1) is 0 Å². The van der Waals surface area contributed by atoms with Gasteiger partial charge in [-0.1, -0.05) is 12.0 Å². The third kappa shape index (κ3) is 3.76. The summed E-state index contributed by atoms with van der Waals surface area (Å²) in [6, 6.07) is 7.41. The average molecular weight is 306 g/mol. The minimum atomic E-state index is -4.40. The van der Waals surface area contributed by atoms with Gasteiger partial charge in [0.05, 0.1) is 11.6 Å². The molecule has 0 aliphatic rings. The van der Waals surface area contributed by atoms with E-state index in [0.717, 1.165) is 12.1 Å². The lowest BCUT2D eigenvalue weighted by Gasteiger charge is -2.07. The number of alkyl halides is 3. The molecule has 2 rings (SSSR count). The van der Waals surface area contributed by atoms with Gasteiger partial charge < -0.3 is 0 Å². The standard InChI is InChI=1S/C16H13F3N2O/c1-11(2)21-15(22)9-8-14(20-21)7-6-12-4-3-5-13(10-12)16(17,18)19/h3-5,8-11H,1-2H3. The summed E-state index contributed by atoms with van der Waals surface area (Å²) >= 11 is 0. The van der Waals surface area contributed by atoms with E-state index in [1.54, 1.807) is 13.8 Å². The van der Waals surface area contributed by atoms with E-state index in [9.17, 15) is 18.0 Å². The van der Waals surface area contributed by atoms with Gasteiger partial charge in [0, 0.05) is 11.6 Å². The minimum Gasteiger partial charge on any atom is -0.268 e. The molecule has 0 aliphatic carbocycles. The molecule has 1 heterocycles. The van der Waals surface area contributed by atoms with Crippen LogP contribution in [0.15, 0.2) is 41.2 Å². The SMILES string of the molecule is CC(C)n1nc(C#Cc2cccc(C(F)(F)F)c2)ccc1=O. The normalized spacial score (nSPS) is 11.2. The number of hydrogen-bond donors (Lipinski definition) is 0. The van der Waals surface area contributed by atoms with E-state index < -0.39 is 11.7 Å². The Morgan fingerprint density at radius 1 is 1.14 bits per heavy atom. The van der Waals surface area contributed by atoms with Gasteiger partial charge in [0.25, 0.3) is 5.56 Å². The first-order chi connectivity index (χ1) is 10.3. The van der Waals surface area contributed by atoms with Crippen LogP contribution in [0.5, 0.6) is 0 Å². The molecule has 6 heteroatoms. The van der Waals surface area contributed by atoms with Gasteiger partial charge in [-0.25, -0.2) is 4.68 Å². The van der Waals surface area contributed by atoms with Crippen molar-refractivity contribution in [1.82, 2.24) is 9.78 Å². The number of halogens is 3. The lowest BCUT2D eigenvalue weighted by molar-refractivity contribution is -0.137. The largest absolute Gasteiger partial charge is 0.416 e. The van der Waals surface area contributed by atoms with Crippen LogP contribution in [-0.2, 0) is 6.18 Å². The fourth-order valence-corrected chi connectivity index (χ4v) is 1.77. The molecule has 0 bridgehead atoms. The van der Waals surface area contributed by atoms with Crippen molar-refractivity contribution >= 4 is 0 Å². The second kappa shape index (κ2) is 6.06. The molecule has 0 N–H and O–H groups in total. The predicted octanol–water partition coefficient (Wildman–Crippen LogP) is 3.24. The maximum Gasteiger partial charge on any atom is 0.416 e. The zero-order chi connectivity index (χ0) is 16.3. The number of aromatic nitrogens is 2. The van der Waals surface area contributed by atoms with Crippen LogP contribution in [0.4, 0.5) is 13.2 Å². The molecule has 0 fully saturated rings. The zero-order valence-corrected chi connectivity index (χ0v) is 12.0. The molecule has 0 atom stereocenters. The summed E-state index contributed by atoms with van der Waals surface area (Å²) in [4.78, 5) is 11.6. The molecule has 0 aliphatic heterocycles. The third-order valence-corrected chi connectivity index (χ3v) is 2.84. The van der Waals surface area contributed by atoms with Crippen molar-refractivity contribution in [1.29, 1.82) is 0 Å². The van der Waals surface area contributed by atoms with Crippen LogP contribution in [0.3, 0.4) is 0 Å². The average Bonchev–Trinajstić information content (AvgIpc) is 2.45. The first-order valence-corrected chi connectivity index (χ1v) is 6.56. The van der Waals surface area contributed by atoms with Crippen LogP contribution in [-0.4, -0.2) is 9.78 Å². The molecule has 1 aromatic heterocycles. The van der Waals surface area contributed by atoms with Gasteiger partial charge >= 0.3 is 6.18 Å². The molecule has 0 amide bonds. The molecule has 3 nitrogen and oxygen atoms in total. The van der Waals surface area contributed by atoms with Gasteiger partial charge in [0.1, 0.15) is 5.69 Å². The van der Waals surface area contributed by atoms with Gasteiger partial charge in [-0.2, -0.15) is 18.3 Å². The molecule has 2 aromatic rings. The molecule has 0 saturated carbocycles. The Balaban J connectivity index is 2.35. The third-order valence-electron chi connectivity index (χ3n) is 2.84. The van der Waals surface area contributed by atoms with E-state index >= 15 is 0 Å². The van der Waals surface area contributed by atoms with E-state index in [0.29, 0.717) is 5.69 Å². The minimum absolute atomic E-state index is 0.122. The first kappa shape index (κ1) is 15.8. The van der Waals surface area contributed by atoms with Crippen LogP contribution in [0.1, 0.15) is 36.7 Å². The number of rotatable bonds is 1. The summed E-state index contributed by atoms with van der Waals surface area (Å²) in [5.74, 6) is 5.31. The Morgan fingerprint density at radius 3 is 2.50 bits per heavy atom. The summed E-state index contributed by atoms with van der Waals surface area (Å²) < 4.78 is 39.1. The number of nitrogens with zero attached hydrogens (tertiary/aromatic N) is 2. The zero-order valence-electron chi connectivity index (χ0n) is 12.0. The maximum atomic E-state index is 12.6. The summed E-state index contributed by atoms with van der Waals surface area (Å²) in [6.45, 7) is 3.61.